The van der Waals surface area contributed by atoms with Crippen molar-refractivity contribution in [1.29, 1.82) is 0 Å². The maximum absolute atomic E-state index is 4.32. The van der Waals surface area contributed by atoms with Gasteiger partial charge < -0.3 is 10.6 Å². The van der Waals surface area contributed by atoms with Gasteiger partial charge in [0.2, 0.25) is 0 Å². The highest BCUT2D eigenvalue weighted by Crippen LogP contribution is 2.20. The first-order chi connectivity index (χ1) is 9.24. The van der Waals surface area contributed by atoms with Gasteiger partial charge in [-0.05, 0) is 13.3 Å². The average Bonchev–Trinajstić information content (AvgIpc) is 2.83. The molecular formula is C13H20N6. The number of nitrogens with one attached hydrogen (secondary N) is 2. The van der Waals surface area contributed by atoms with Gasteiger partial charge in [0.15, 0.2) is 0 Å². The number of nitrogens with zero attached hydrogens (tertiary/aromatic N) is 4. The molecule has 0 atom stereocenters. The van der Waals surface area contributed by atoms with Crippen LogP contribution in [0, 0.1) is 0 Å². The van der Waals surface area contributed by atoms with Crippen LogP contribution >= 0.6 is 0 Å². The third-order valence-corrected chi connectivity index (χ3v) is 2.86. The van der Waals surface area contributed by atoms with Crippen LogP contribution in [0.25, 0.3) is 0 Å². The highest BCUT2D eigenvalue weighted by molar-refractivity contribution is 5.57. The molecule has 6 heteroatoms. The van der Waals surface area contributed by atoms with Crippen molar-refractivity contribution >= 4 is 11.6 Å². The molecule has 0 aliphatic rings. The molecule has 2 aromatic rings. The van der Waals surface area contributed by atoms with E-state index < -0.39 is 0 Å². The van der Waals surface area contributed by atoms with Crippen molar-refractivity contribution in [3.8, 4) is 0 Å². The monoisotopic (exact) mass is 260 g/mol. The van der Waals surface area contributed by atoms with Crippen molar-refractivity contribution in [3.05, 3.63) is 29.8 Å². The number of anilines is 2. The van der Waals surface area contributed by atoms with E-state index in [0.29, 0.717) is 6.54 Å². The van der Waals surface area contributed by atoms with E-state index in [0.717, 1.165) is 35.7 Å². The van der Waals surface area contributed by atoms with Crippen molar-refractivity contribution in [2.24, 2.45) is 7.05 Å². The molecule has 102 valence electrons. The molecule has 2 heterocycles. The summed E-state index contributed by atoms with van der Waals surface area (Å²) >= 11 is 0. The number of aromatic nitrogens is 4. The fourth-order valence-corrected chi connectivity index (χ4v) is 1.97. The summed E-state index contributed by atoms with van der Waals surface area (Å²) < 4.78 is 1.79. The van der Waals surface area contributed by atoms with Gasteiger partial charge in [0, 0.05) is 37.5 Å². The third kappa shape index (κ3) is 3.21. The third-order valence-electron chi connectivity index (χ3n) is 2.86. The molecule has 2 aromatic heterocycles. The quantitative estimate of drug-likeness (QED) is 0.829. The van der Waals surface area contributed by atoms with Gasteiger partial charge >= 0.3 is 0 Å². The predicted molar refractivity (Wildman–Crippen MR) is 76.1 cm³/mol. The highest BCUT2D eigenvalue weighted by Gasteiger charge is 2.09. The normalized spacial score (nSPS) is 10.5. The molecule has 2 rings (SSSR count). The van der Waals surface area contributed by atoms with Crippen LogP contribution in [0.2, 0.25) is 0 Å². The molecule has 0 amide bonds. The van der Waals surface area contributed by atoms with E-state index in [1.54, 1.807) is 11.0 Å². The zero-order valence-corrected chi connectivity index (χ0v) is 11.6. The maximum Gasteiger partial charge on any atom is 0.134 e. The minimum atomic E-state index is 0.712. The van der Waals surface area contributed by atoms with Gasteiger partial charge in [0.25, 0.3) is 0 Å². The van der Waals surface area contributed by atoms with Crippen molar-refractivity contribution < 1.29 is 0 Å². The van der Waals surface area contributed by atoms with E-state index in [4.69, 9.17) is 0 Å². The molecule has 0 saturated heterocycles. The van der Waals surface area contributed by atoms with Gasteiger partial charge in [-0.1, -0.05) is 6.92 Å². The van der Waals surface area contributed by atoms with Gasteiger partial charge in [0.05, 0.1) is 6.20 Å². The fraction of sp³-hybridized carbons (Fsp3) is 0.462. The highest BCUT2D eigenvalue weighted by atomic mass is 15.2. The molecule has 6 nitrogen and oxygen atoms in total. The van der Waals surface area contributed by atoms with Gasteiger partial charge in [-0.3, -0.25) is 4.68 Å². The molecule has 0 aromatic carbocycles. The van der Waals surface area contributed by atoms with Crippen molar-refractivity contribution in [3.63, 3.8) is 0 Å². The Morgan fingerprint density at radius 3 is 2.47 bits per heavy atom. The molecule has 0 saturated carbocycles. The molecule has 19 heavy (non-hydrogen) atoms. The standard InChI is InChI=1S/C13H20N6/c1-4-11-12(14-5-2)16-9-17-13(11)15-6-10-7-18-19(3)8-10/h7-9H,4-6H2,1-3H3,(H2,14,15,16,17). The summed E-state index contributed by atoms with van der Waals surface area (Å²) in [6.07, 6.45) is 6.32. The van der Waals surface area contributed by atoms with E-state index in [1.165, 1.54) is 0 Å². The zero-order chi connectivity index (χ0) is 13.7. The van der Waals surface area contributed by atoms with Crippen molar-refractivity contribution in [1.82, 2.24) is 19.7 Å². The number of hydrogen-bond donors (Lipinski definition) is 2. The summed E-state index contributed by atoms with van der Waals surface area (Å²) in [5, 5.41) is 10.8. The van der Waals surface area contributed by atoms with E-state index >= 15 is 0 Å². The van der Waals surface area contributed by atoms with Crippen LogP contribution in [0.3, 0.4) is 0 Å². The topological polar surface area (TPSA) is 67.7 Å². The fourth-order valence-electron chi connectivity index (χ4n) is 1.97. The van der Waals surface area contributed by atoms with Crippen LogP contribution < -0.4 is 10.6 Å². The lowest BCUT2D eigenvalue weighted by Crippen LogP contribution is -2.09. The van der Waals surface area contributed by atoms with Crippen LogP contribution in [0.4, 0.5) is 11.6 Å². The second-order valence-electron chi connectivity index (χ2n) is 4.31. The van der Waals surface area contributed by atoms with Gasteiger partial charge in [0.1, 0.15) is 18.0 Å². The summed E-state index contributed by atoms with van der Waals surface area (Å²) in [6.45, 7) is 5.73. The number of aryl methyl sites for hydroxylation is 1. The molecule has 0 aliphatic heterocycles. The molecule has 0 spiro atoms. The second-order valence-corrected chi connectivity index (χ2v) is 4.31. The Bertz CT molecular complexity index is 534. The van der Waals surface area contributed by atoms with Crippen LogP contribution in [-0.2, 0) is 20.0 Å². The minimum absolute atomic E-state index is 0.712. The first-order valence-electron chi connectivity index (χ1n) is 6.53. The van der Waals surface area contributed by atoms with Crippen LogP contribution in [0.1, 0.15) is 25.0 Å². The van der Waals surface area contributed by atoms with Crippen molar-refractivity contribution in [2.45, 2.75) is 26.8 Å². The Morgan fingerprint density at radius 2 is 1.89 bits per heavy atom. The van der Waals surface area contributed by atoms with Crippen LogP contribution in [-0.4, -0.2) is 26.3 Å². The van der Waals surface area contributed by atoms with Gasteiger partial charge in [-0.2, -0.15) is 5.10 Å². The van der Waals surface area contributed by atoms with Gasteiger partial charge in [-0.25, -0.2) is 9.97 Å². The van der Waals surface area contributed by atoms with E-state index in [-0.39, 0.29) is 0 Å². The van der Waals surface area contributed by atoms with Crippen LogP contribution in [0.5, 0.6) is 0 Å². The van der Waals surface area contributed by atoms with Crippen molar-refractivity contribution in [2.75, 3.05) is 17.2 Å². The number of hydrogen-bond acceptors (Lipinski definition) is 5. The average molecular weight is 260 g/mol. The summed E-state index contributed by atoms with van der Waals surface area (Å²) in [5.41, 5.74) is 2.25. The second kappa shape index (κ2) is 6.17. The lowest BCUT2D eigenvalue weighted by Gasteiger charge is -2.13. The van der Waals surface area contributed by atoms with E-state index in [9.17, 15) is 0 Å². The van der Waals surface area contributed by atoms with Crippen LogP contribution in [0.15, 0.2) is 18.7 Å². The maximum atomic E-state index is 4.32. The summed E-state index contributed by atoms with van der Waals surface area (Å²) in [4.78, 5) is 8.61. The SMILES string of the molecule is CCNc1ncnc(NCc2cnn(C)c2)c1CC. The molecule has 0 unspecified atom stereocenters. The molecular weight excluding hydrogens is 240 g/mol. The molecule has 0 bridgehead atoms. The molecule has 0 radical (unpaired) electrons. The van der Waals surface area contributed by atoms with E-state index in [2.05, 4.69) is 39.5 Å². The van der Waals surface area contributed by atoms with Gasteiger partial charge in [-0.15, -0.1) is 0 Å². The smallest absolute Gasteiger partial charge is 0.134 e. The summed E-state index contributed by atoms with van der Waals surface area (Å²) in [6, 6.07) is 0. The Balaban J connectivity index is 2.13. The summed E-state index contributed by atoms with van der Waals surface area (Å²) in [7, 11) is 1.91. The lowest BCUT2D eigenvalue weighted by atomic mass is 10.2. The first kappa shape index (κ1) is 13.3. The predicted octanol–water partition coefficient (Wildman–Crippen LogP) is 1.82. The summed E-state index contributed by atoms with van der Waals surface area (Å²) in [5.74, 6) is 1.80. The Kier molecular flexibility index (Phi) is 4.33. The molecule has 0 aliphatic carbocycles. The first-order valence-corrected chi connectivity index (χ1v) is 6.53. The Hall–Kier alpha value is -2.11. The molecule has 0 fully saturated rings. The molecule has 2 N–H and O–H groups in total. The largest absolute Gasteiger partial charge is 0.370 e. The lowest BCUT2D eigenvalue weighted by molar-refractivity contribution is 0.767. The number of rotatable bonds is 6. The Morgan fingerprint density at radius 1 is 1.16 bits per heavy atom. The minimum Gasteiger partial charge on any atom is -0.370 e. The van der Waals surface area contributed by atoms with E-state index in [1.807, 2.05) is 19.4 Å². The Labute approximate surface area is 113 Å². The zero-order valence-electron chi connectivity index (χ0n) is 11.6.